The Labute approximate surface area is 214 Å². The van der Waals surface area contributed by atoms with Gasteiger partial charge in [-0.3, -0.25) is 9.69 Å². The predicted octanol–water partition coefficient (Wildman–Crippen LogP) is 5.43. The summed E-state index contributed by atoms with van der Waals surface area (Å²) in [5.41, 5.74) is 0. The minimum Gasteiger partial charge on any atom is -0.360 e. The van der Waals surface area contributed by atoms with Gasteiger partial charge in [-0.05, 0) is 37.4 Å². The highest BCUT2D eigenvalue weighted by atomic mass is 35.6. The van der Waals surface area contributed by atoms with E-state index >= 15 is 0 Å². The minimum atomic E-state index is -4.21. The molecule has 1 amide bonds. The first-order valence-corrected chi connectivity index (χ1v) is 13.2. The van der Waals surface area contributed by atoms with Crippen molar-refractivity contribution in [2.75, 3.05) is 19.6 Å². The molecule has 1 aliphatic carbocycles. The predicted molar refractivity (Wildman–Crippen MR) is 132 cm³/mol. The van der Waals surface area contributed by atoms with Gasteiger partial charge in [0.1, 0.15) is 6.17 Å². The third-order valence-electron chi connectivity index (χ3n) is 6.24. The van der Waals surface area contributed by atoms with Crippen molar-refractivity contribution in [1.82, 2.24) is 20.9 Å². The van der Waals surface area contributed by atoms with Gasteiger partial charge in [-0.2, -0.15) is 13.2 Å². The van der Waals surface area contributed by atoms with Crippen LogP contribution >= 0.6 is 47.0 Å². The summed E-state index contributed by atoms with van der Waals surface area (Å²) in [4.78, 5) is 13.9. The van der Waals surface area contributed by atoms with Crippen LogP contribution in [0.5, 0.6) is 0 Å². The molecule has 1 aliphatic heterocycles. The van der Waals surface area contributed by atoms with E-state index in [1.165, 1.54) is 37.0 Å². The SMILES string of the molecule is O=C(CCC1CCCCCCC1)NC(NC(=S)NC1CCN(CC(F)(F)F)CC1)C(Cl)(Cl)Cl. The fourth-order valence-corrected chi connectivity index (χ4v) is 5.06. The van der Waals surface area contributed by atoms with Crippen LogP contribution in [0.25, 0.3) is 0 Å². The standard InChI is InChI=1S/C21H34Cl3F3N4OS/c22-21(23,24)18(29-17(32)9-8-15-6-4-2-1-3-5-7-15)30-19(33)28-16-10-12-31(13-11-16)14-20(25,26)27/h15-16,18H,1-14H2,(H,29,32)(H2,28,30,33). The number of alkyl halides is 6. The smallest absolute Gasteiger partial charge is 0.360 e. The number of carbonyl (C=O) groups is 1. The molecule has 5 nitrogen and oxygen atoms in total. The average Bonchev–Trinajstić information content (AvgIpc) is 2.66. The van der Waals surface area contributed by atoms with Crippen LogP contribution in [0.1, 0.15) is 70.6 Å². The topological polar surface area (TPSA) is 56.4 Å². The lowest BCUT2D eigenvalue weighted by Crippen LogP contribution is -2.59. The molecule has 0 aromatic heterocycles. The van der Waals surface area contributed by atoms with Gasteiger partial charge in [-0.1, -0.05) is 79.7 Å². The summed E-state index contributed by atoms with van der Waals surface area (Å²) in [5, 5.41) is 8.80. The van der Waals surface area contributed by atoms with Crippen molar-refractivity contribution in [2.45, 2.75) is 92.8 Å². The highest BCUT2D eigenvalue weighted by Crippen LogP contribution is 2.30. The van der Waals surface area contributed by atoms with Crippen molar-refractivity contribution in [1.29, 1.82) is 0 Å². The van der Waals surface area contributed by atoms with Crippen molar-refractivity contribution in [3.8, 4) is 0 Å². The van der Waals surface area contributed by atoms with Crippen molar-refractivity contribution in [2.24, 2.45) is 5.92 Å². The largest absolute Gasteiger partial charge is 0.401 e. The summed E-state index contributed by atoms with van der Waals surface area (Å²) in [7, 11) is 0. The Balaban J connectivity index is 1.76. The second-order valence-electron chi connectivity index (χ2n) is 9.08. The lowest BCUT2D eigenvalue weighted by atomic mass is 9.88. The Morgan fingerprint density at radius 3 is 2.09 bits per heavy atom. The molecule has 33 heavy (non-hydrogen) atoms. The summed E-state index contributed by atoms with van der Waals surface area (Å²) in [6.45, 7) is -0.290. The van der Waals surface area contributed by atoms with Crippen LogP contribution in [0.2, 0.25) is 0 Å². The number of likely N-dealkylation sites (tertiary alicyclic amines) is 1. The van der Waals surface area contributed by atoms with Crippen LogP contribution in [0, 0.1) is 5.92 Å². The molecule has 1 saturated heterocycles. The second-order valence-corrected chi connectivity index (χ2v) is 11.9. The molecule has 1 heterocycles. The zero-order valence-corrected chi connectivity index (χ0v) is 21.7. The normalized spacial score (nSPS) is 21.0. The molecule has 1 atom stereocenters. The van der Waals surface area contributed by atoms with Crippen molar-refractivity contribution in [3.63, 3.8) is 0 Å². The van der Waals surface area contributed by atoms with E-state index in [-0.39, 0.29) is 17.1 Å². The van der Waals surface area contributed by atoms with E-state index in [0.29, 0.717) is 38.3 Å². The molecule has 0 bridgehead atoms. The average molecular weight is 554 g/mol. The van der Waals surface area contributed by atoms with E-state index in [2.05, 4.69) is 16.0 Å². The number of hydrogen-bond acceptors (Lipinski definition) is 3. The third kappa shape index (κ3) is 12.3. The molecule has 3 N–H and O–H groups in total. The molecule has 2 aliphatic rings. The lowest BCUT2D eigenvalue weighted by molar-refractivity contribution is -0.148. The third-order valence-corrected chi connectivity index (χ3v) is 7.13. The highest BCUT2D eigenvalue weighted by molar-refractivity contribution is 7.80. The Morgan fingerprint density at radius 2 is 1.55 bits per heavy atom. The lowest BCUT2D eigenvalue weighted by Gasteiger charge is -2.34. The molecular formula is C21H34Cl3F3N4OS. The van der Waals surface area contributed by atoms with E-state index in [9.17, 15) is 18.0 Å². The molecule has 0 aromatic rings. The molecule has 0 aromatic carbocycles. The van der Waals surface area contributed by atoms with Crippen LogP contribution in [0.3, 0.4) is 0 Å². The monoisotopic (exact) mass is 552 g/mol. The fraction of sp³-hybridized carbons (Fsp3) is 0.905. The fourth-order valence-electron chi connectivity index (χ4n) is 4.44. The number of carbonyl (C=O) groups excluding carboxylic acids is 1. The summed E-state index contributed by atoms with van der Waals surface area (Å²) in [6, 6.07) is -0.0967. The number of thiocarbonyl (C=S) groups is 1. The van der Waals surface area contributed by atoms with Crippen molar-refractivity contribution in [3.05, 3.63) is 0 Å². The van der Waals surface area contributed by atoms with E-state index in [0.717, 1.165) is 19.3 Å². The summed E-state index contributed by atoms with van der Waals surface area (Å²) >= 11 is 23.5. The van der Waals surface area contributed by atoms with E-state index in [1.54, 1.807) is 0 Å². The maximum atomic E-state index is 12.5. The van der Waals surface area contributed by atoms with Crippen LogP contribution in [-0.4, -0.2) is 57.7 Å². The number of nitrogens with zero attached hydrogens (tertiary/aromatic N) is 1. The Bertz CT molecular complexity index is 621. The number of piperidine rings is 1. The van der Waals surface area contributed by atoms with Crippen LogP contribution in [0.4, 0.5) is 13.2 Å². The molecule has 1 saturated carbocycles. The Kier molecular flexibility index (Phi) is 12.1. The van der Waals surface area contributed by atoms with Gasteiger partial charge in [-0.25, -0.2) is 0 Å². The molecule has 2 fully saturated rings. The first-order valence-electron chi connectivity index (χ1n) is 11.6. The first kappa shape index (κ1) is 29.0. The maximum absolute atomic E-state index is 12.5. The van der Waals surface area contributed by atoms with Gasteiger partial charge >= 0.3 is 6.18 Å². The zero-order valence-electron chi connectivity index (χ0n) is 18.7. The van der Waals surface area contributed by atoms with Gasteiger partial charge in [0.15, 0.2) is 5.11 Å². The van der Waals surface area contributed by atoms with Gasteiger partial charge in [-0.15, -0.1) is 0 Å². The number of hydrogen-bond donors (Lipinski definition) is 3. The van der Waals surface area contributed by atoms with Crippen LogP contribution in [0.15, 0.2) is 0 Å². The van der Waals surface area contributed by atoms with Gasteiger partial charge in [0.25, 0.3) is 0 Å². The molecular weight excluding hydrogens is 520 g/mol. The molecule has 1 unspecified atom stereocenters. The van der Waals surface area contributed by atoms with Crippen LogP contribution in [-0.2, 0) is 4.79 Å². The number of halogens is 6. The molecule has 12 heteroatoms. The van der Waals surface area contributed by atoms with Gasteiger partial charge in [0, 0.05) is 25.6 Å². The molecule has 192 valence electrons. The Morgan fingerprint density at radius 1 is 0.970 bits per heavy atom. The summed E-state index contributed by atoms with van der Waals surface area (Å²) < 4.78 is 35.8. The number of amides is 1. The number of rotatable bonds is 7. The highest BCUT2D eigenvalue weighted by Gasteiger charge is 2.36. The van der Waals surface area contributed by atoms with Gasteiger partial charge < -0.3 is 16.0 Å². The van der Waals surface area contributed by atoms with Gasteiger partial charge in [0.2, 0.25) is 9.70 Å². The zero-order chi connectivity index (χ0) is 24.5. The van der Waals surface area contributed by atoms with E-state index in [4.69, 9.17) is 47.0 Å². The minimum absolute atomic E-state index is 0.0967. The van der Waals surface area contributed by atoms with Crippen LogP contribution < -0.4 is 16.0 Å². The molecule has 2 rings (SSSR count). The van der Waals surface area contributed by atoms with Gasteiger partial charge in [0.05, 0.1) is 6.54 Å². The van der Waals surface area contributed by atoms with E-state index in [1.807, 2.05) is 0 Å². The summed E-state index contributed by atoms with van der Waals surface area (Å²) in [5.74, 6) is 0.324. The molecule has 0 radical (unpaired) electrons. The molecule has 0 spiro atoms. The van der Waals surface area contributed by atoms with Crippen molar-refractivity contribution < 1.29 is 18.0 Å². The Hall–Kier alpha value is -0.220. The quantitative estimate of drug-likeness (QED) is 0.223. The summed E-state index contributed by atoms with van der Waals surface area (Å²) in [6.07, 6.45) is 5.45. The number of nitrogens with one attached hydrogen (secondary N) is 3. The van der Waals surface area contributed by atoms with Crippen molar-refractivity contribution >= 4 is 58.0 Å². The maximum Gasteiger partial charge on any atom is 0.401 e. The second kappa shape index (κ2) is 13.8. The first-order chi connectivity index (χ1) is 15.4. The van der Waals surface area contributed by atoms with E-state index < -0.39 is 22.7 Å².